The molecule has 1 unspecified atom stereocenters. The van der Waals surface area contributed by atoms with Crippen LogP contribution >= 0.6 is 22.6 Å². The van der Waals surface area contributed by atoms with E-state index in [2.05, 4.69) is 41.8 Å². The van der Waals surface area contributed by atoms with Gasteiger partial charge < -0.3 is 9.73 Å². The lowest BCUT2D eigenvalue weighted by molar-refractivity contribution is 0.448. The SMILES string of the molecule is CC1(C)CC1CNCc1ccc(I)o1. The maximum atomic E-state index is 5.46. The molecule has 0 aromatic carbocycles. The first-order valence-electron chi connectivity index (χ1n) is 5.03. The molecule has 0 saturated heterocycles. The van der Waals surface area contributed by atoms with Crippen molar-refractivity contribution in [2.45, 2.75) is 26.8 Å². The smallest absolute Gasteiger partial charge is 0.164 e. The van der Waals surface area contributed by atoms with Crippen molar-refractivity contribution in [1.29, 1.82) is 0 Å². The lowest BCUT2D eigenvalue weighted by Gasteiger charge is -2.04. The summed E-state index contributed by atoms with van der Waals surface area (Å²) in [6.07, 6.45) is 1.36. The van der Waals surface area contributed by atoms with Crippen LogP contribution in [0.25, 0.3) is 0 Å². The van der Waals surface area contributed by atoms with Crippen molar-refractivity contribution < 1.29 is 4.42 Å². The van der Waals surface area contributed by atoms with Gasteiger partial charge in [0, 0.05) is 0 Å². The van der Waals surface area contributed by atoms with Crippen molar-refractivity contribution in [3.63, 3.8) is 0 Å². The van der Waals surface area contributed by atoms with E-state index in [4.69, 9.17) is 4.42 Å². The average molecular weight is 305 g/mol. The fourth-order valence-corrected chi connectivity index (χ4v) is 2.20. The van der Waals surface area contributed by atoms with Gasteiger partial charge in [-0.3, -0.25) is 0 Å². The van der Waals surface area contributed by atoms with E-state index < -0.39 is 0 Å². The van der Waals surface area contributed by atoms with Crippen LogP contribution in [0.2, 0.25) is 0 Å². The number of rotatable bonds is 4. The Morgan fingerprint density at radius 2 is 2.29 bits per heavy atom. The molecule has 0 spiro atoms. The van der Waals surface area contributed by atoms with Crippen LogP contribution in [0.4, 0.5) is 0 Å². The minimum atomic E-state index is 0.574. The summed E-state index contributed by atoms with van der Waals surface area (Å²) in [7, 11) is 0. The van der Waals surface area contributed by atoms with E-state index in [0.717, 1.165) is 28.5 Å². The van der Waals surface area contributed by atoms with Crippen LogP contribution in [0.15, 0.2) is 16.5 Å². The quantitative estimate of drug-likeness (QED) is 0.865. The molecule has 1 N–H and O–H groups in total. The molecule has 2 nitrogen and oxygen atoms in total. The topological polar surface area (TPSA) is 25.2 Å². The minimum Gasteiger partial charge on any atom is -0.454 e. The molecular formula is C11H16INO. The molecule has 78 valence electrons. The highest BCUT2D eigenvalue weighted by atomic mass is 127. The fourth-order valence-electron chi connectivity index (χ4n) is 1.74. The van der Waals surface area contributed by atoms with E-state index in [1.807, 2.05) is 12.1 Å². The molecule has 1 atom stereocenters. The lowest BCUT2D eigenvalue weighted by Crippen LogP contribution is -2.17. The standard InChI is InChI=1S/C11H16INO/c1-11(2)5-8(11)6-13-7-9-3-4-10(12)14-9/h3-4,8,13H,5-7H2,1-2H3. The zero-order valence-electron chi connectivity index (χ0n) is 8.64. The number of hydrogen-bond acceptors (Lipinski definition) is 2. The number of furan rings is 1. The van der Waals surface area contributed by atoms with Crippen LogP contribution in [0.3, 0.4) is 0 Å². The third kappa shape index (κ3) is 2.51. The van der Waals surface area contributed by atoms with Gasteiger partial charge in [-0.2, -0.15) is 0 Å². The van der Waals surface area contributed by atoms with Crippen LogP contribution < -0.4 is 5.32 Å². The van der Waals surface area contributed by atoms with Gasteiger partial charge in [0.05, 0.1) is 6.54 Å². The van der Waals surface area contributed by atoms with Crippen LogP contribution in [-0.4, -0.2) is 6.54 Å². The van der Waals surface area contributed by atoms with Gasteiger partial charge in [0.15, 0.2) is 3.77 Å². The van der Waals surface area contributed by atoms with Crippen molar-refractivity contribution >= 4 is 22.6 Å². The summed E-state index contributed by atoms with van der Waals surface area (Å²) in [5, 5.41) is 3.44. The Hall–Kier alpha value is -0.0300. The monoisotopic (exact) mass is 305 g/mol. The van der Waals surface area contributed by atoms with Gasteiger partial charge in [-0.15, -0.1) is 0 Å². The minimum absolute atomic E-state index is 0.574. The lowest BCUT2D eigenvalue weighted by atomic mass is 10.1. The van der Waals surface area contributed by atoms with Gasteiger partial charge in [0.2, 0.25) is 0 Å². The van der Waals surface area contributed by atoms with E-state index in [-0.39, 0.29) is 0 Å². The van der Waals surface area contributed by atoms with Crippen LogP contribution in [-0.2, 0) is 6.54 Å². The first-order chi connectivity index (χ1) is 6.58. The molecule has 1 aromatic heterocycles. The molecule has 0 radical (unpaired) electrons. The first kappa shape index (κ1) is 10.5. The normalized spacial score (nSPS) is 23.8. The molecule has 1 fully saturated rings. The van der Waals surface area contributed by atoms with E-state index in [1.165, 1.54) is 6.42 Å². The molecule has 1 aromatic rings. The molecule has 1 aliphatic rings. The molecule has 3 heteroatoms. The Bertz CT molecular complexity index is 319. The summed E-state index contributed by atoms with van der Waals surface area (Å²) >= 11 is 2.19. The third-order valence-corrected chi connectivity index (χ3v) is 3.62. The Morgan fingerprint density at radius 3 is 2.79 bits per heavy atom. The number of halogens is 1. The summed E-state index contributed by atoms with van der Waals surface area (Å²) in [6.45, 7) is 6.63. The van der Waals surface area contributed by atoms with Crippen LogP contribution in [0.1, 0.15) is 26.0 Å². The van der Waals surface area contributed by atoms with E-state index in [0.29, 0.717) is 5.41 Å². The van der Waals surface area contributed by atoms with Crippen molar-refractivity contribution in [3.8, 4) is 0 Å². The Balaban J connectivity index is 1.69. The van der Waals surface area contributed by atoms with Gasteiger partial charge in [-0.05, 0) is 59.0 Å². The predicted octanol–water partition coefficient (Wildman–Crippen LogP) is 3.02. The maximum absolute atomic E-state index is 5.46. The summed E-state index contributed by atoms with van der Waals surface area (Å²) in [6, 6.07) is 4.03. The highest BCUT2D eigenvalue weighted by molar-refractivity contribution is 14.1. The zero-order chi connectivity index (χ0) is 10.2. The van der Waals surface area contributed by atoms with Gasteiger partial charge in [0.25, 0.3) is 0 Å². The highest BCUT2D eigenvalue weighted by Crippen LogP contribution is 2.50. The second-order valence-corrected chi connectivity index (χ2v) is 5.79. The first-order valence-corrected chi connectivity index (χ1v) is 6.11. The van der Waals surface area contributed by atoms with Crippen LogP contribution in [0, 0.1) is 15.1 Å². The summed E-state index contributed by atoms with van der Waals surface area (Å²) in [4.78, 5) is 0. The zero-order valence-corrected chi connectivity index (χ0v) is 10.8. The second-order valence-electron chi connectivity index (χ2n) is 4.73. The second kappa shape index (κ2) is 3.85. The molecular weight excluding hydrogens is 289 g/mol. The molecule has 0 amide bonds. The molecule has 0 aliphatic heterocycles. The highest BCUT2D eigenvalue weighted by Gasteiger charge is 2.44. The van der Waals surface area contributed by atoms with Crippen molar-refractivity contribution in [3.05, 3.63) is 21.7 Å². The predicted molar refractivity (Wildman–Crippen MR) is 65.0 cm³/mol. The molecule has 0 bridgehead atoms. The molecule has 1 saturated carbocycles. The Labute approximate surface area is 98.6 Å². The van der Waals surface area contributed by atoms with E-state index in [1.54, 1.807) is 0 Å². The Kier molecular flexibility index (Phi) is 2.88. The van der Waals surface area contributed by atoms with Crippen molar-refractivity contribution in [1.82, 2.24) is 5.32 Å². The van der Waals surface area contributed by atoms with Gasteiger partial charge in [0.1, 0.15) is 5.76 Å². The van der Waals surface area contributed by atoms with E-state index >= 15 is 0 Å². The summed E-state index contributed by atoms with van der Waals surface area (Å²) < 4.78 is 6.43. The van der Waals surface area contributed by atoms with E-state index in [9.17, 15) is 0 Å². The van der Waals surface area contributed by atoms with Crippen molar-refractivity contribution in [2.24, 2.45) is 11.3 Å². The number of nitrogens with one attached hydrogen (secondary N) is 1. The maximum Gasteiger partial charge on any atom is 0.164 e. The third-order valence-electron chi connectivity index (χ3n) is 3.04. The summed E-state index contributed by atoms with van der Waals surface area (Å²) in [5.74, 6) is 1.89. The molecule has 14 heavy (non-hydrogen) atoms. The Morgan fingerprint density at radius 1 is 1.57 bits per heavy atom. The van der Waals surface area contributed by atoms with Crippen molar-refractivity contribution in [2.75, 3.05) is 6.54 Å². The molecule has 2 rings (SSSR count). The average Bonchev–Trinajstić information content (AvgIpc) is 2.53. The summed E-state index contributed by atoms with van der Waals surface area (Å²) in [5.41, 5.74) is 0.574. The van der Waals surface area contributed by atoms with Gasteiger partial charge >= 0.3 is 0 Å². The number of hydrogen-bond donors (Lipinski definition) is 1. The largest absolute Gasteiger partial charge is 0.454 e. The molecule has 1 heterocycles. The molecule has 1 aliphatic carbocycles. The van der Waals surface area contributed by atoms with Gasteiger partial charge in [-0.1, -0.05) is 13.8 Å². The fraction of sp³-hybridized carbons (Fsp3) is 0.636. The van der Waals surface area contributed by atoms with Crippen LogP contribution in [0.5, 0.6) is 0 Å². The van der Waals surface area contributed by atoms with Gasteiger partial charge in [-0.25, -0.2) is 0 Å².